The average molecular weight is 188 g/mol. The van der Waals surface area contributed by atoms with Crippen molar-refractivity contribution in [2.45, 2.75) is 11.8 Å². The zero-order valence-corrected chi connectivity index (χ0v) is 7.65. The summed E-state index contributed by atoms with van der Waals surface area (Å²) in [7, 11) is -3.29. The van der Waals surface area contributed by atoms with E-state index in [4.69, 9.17) is 0 Å². The molecular formula is C8H9FO2S. The predicted molar refractivity (Wildman–Crippen MR) is 44.2 cm³/mol. The van der Waals surface area contributed by atoms with Crippen molar-refractivity contribution in [1.82, 2.24) is 0 Å². The van der Waals surface area contributed by atoms with Gasteiger partial charge in [-0.15, -0.1) is 0 Å². The lowest BCUT2D eigenvalue weighted by Gasteiger charge is -1.99. The molecule has 12 heavy (non-hydrogen) atoms. The minimum absolute atomic E-state index is 0.0278. The first-order valence-electron chi connectivity index (χ1n) is 3.37. The molecule has 0 fully saturated rings. The maximum absolute atomic E-state index is 12.7. The van der Waals surface area contributed by atoms with Crippen LogP contribution in [0, 0.1) is 12.7 Å². The molecule has 0 heterocycles. The van der Waals surface area contributed by atoms with Crippen molar-refractivity contribution in [1.29, 1.82) is 0 Å². The van der Waals surface area contributed by atoms with E-state index in [1.54, 1.807) is 6.92 Å². The third-order valence-corrected chi connectivity index (χ3v) is 2.54. The molecule has 0 saturated carbocycles. The van der Waals surface area contributed by atoms with Gasteiger partial charge in [-0.3, -0.25) is 0 Å². The van der Waals surface area contributed by atoms with Gasteiger partial charge >= 0.3 is 0 Å². The molecule has 0 aliphatic rings. The summed E-state index contributed by atoms with van der Waals surface area (Å²) >= 11 is 0. The molecular weight excluding hydrogens is 179 g/mol. The molecule has 0 N–H and O–H groups in total. The van der Waals surface area contributed by atoms with E-state index < -0.39 is 15.7 Å². The molecule has 2 nitrogen and oxygen atoms in total. The first-order valence-corrected chi connectivity index (χ1v) is 5.26. The monoisotopic (exact) mass is 188 g/mol. The van der Waals surface area contributed by atoms with Gasteiger partial charge in [0.2, 0.25) is 0 Å². The summed E-state index contributed by atoms with van der Waals surface area (Å²) in [5, 5.41) is 0. The molecule has 0 amide bonds. The van der Waals surface area contributed by atoms with Gasteiger partial charge in [-0.2, -0.15) is 0 Å². The average Bonchev–Trinajstić information content (AvgIpc) is 1.82. The smallest absolute Gasteiger partial charge is 0.175 e. The van der Waals surface area contributed by atoms with Crippen molar-refractivity contribution in [2.24, 2.45) is 0 Å². The highest BCUT2D eigenvalue weighted by molar-refractivity contribution is 7.90. The lowest BCUT2D eigenvalue weighted by Crippen LogP contribution is -1.98. The Kier molecular flexibility index (Phi) is 2.19. The van der Waals surface area contributed by atoms with Crippen LogP contribution in [-0.4, -0.2) is 14.7 Å². The SMILES string of the molecule is Cc1cc(F)cc(S(C)(=O)=O)c1. The fourth-order valence-corrected chi connectivity index (χ4v) is 1.64. The largest absolute Gasteiger partial charge is 0.224 e. The van der Waals surface area contributed by atoms with Crippen LogP contribution in [0.5, 0.6) is 0 Å². The molecule has 1 aromatic rings. The molecule has 0 bridgehead atoms. The molecule has 0 radical (unpaired) electrons. The summed E-state index contributed by atoms with van der Waals surface area (Å²) in [4.78, 5) is 0.0278. The Hall–Kier alpha value is -0.900. The van der Waals surface area contributed by atoms with Crippen molar-refractivity contribution in [3.63, 3.8) is 0 Å². The molecule has 0 aliphatic heterocycles. The van der Waals surface area contributed by atoms with Crippen LogP contribution in [0.15, 0.2) is 23.1 Å². The second kappa shape index (κ2) is 2.86. The van der Waals surface area contributed by atoms with E-state index in [9.17, 15) is 12.8 Å². The molecule has 4 heteroatoms. The van der Waals surface area contributed by atoms with E-state index in [-0.39, 0.29) is 4.90 Å². The molecule has 1 rings (SSSR count). The first-order chi connectivity index (χ1) is 5.39. The quantitative estimate of drug-likeness (QED) is 0.670. The molecule has 0 atom stereocenters. The third-order valence-electron chi connectivity index (χ3n) is 1.44. The van der Waals surface area contributed by atoms with Gasteiger partial charge in [0, 0.05) is 6.26 Å². The minimum Gasteiger partial charge on any atom is -0.224 e. The van der Waals surface area contributed by atoms with Crippen molar-refractivity contribution in [3.05, 3.63) is 29.6 Å². The van der Waals surface area contributed by atoms with E-state index in [0.29, 0.717) is 5.56 Å². The molecule has 0 spiro atoms. The van der Waals surface area contributed by atoms with Gasteiger partial charge in [-0.25, -0.2) is 12.8 Å². The van der Waals surface area contributed by atoms with Crippen molar-refractivity contribution in [3.8, 4) is 0 Å². The van der Waals surface area contributed by atoms with E-state index in [0.717, 1.165) is 12.3 Å². The summed E-state index contributed by atoms with van der Waals surface area (Å²) in [6, 6.07) is 3.75. The Morgan fingerprint density at radius 2 is 1.83 bits per heavy atom. The van der Waals surface area contributed by atoms with E-state index in [1.807, 2.05) is 0 Å². The number of rotatable bonds is 1. The van der Waals surface area contributed by atoms with E-state index in [2.05, 4.69) is 0 Å². The van der Waals surface area contributed by atoms with Crippen LogP contribution in [-0.2, 0) is 9.84 Å². The van der Waals surface area contributed by atoms with Gasteiger partial charge in [-0.1, -0.05) is 0 Å². The normalized spacial score (nSPS) is 11.6. The third kappa shape index (κ3) is 2.04. The Labute approximate surface area is 71.0 Å². The number of benzene rings is 1. The molecule has 0 aromatic heterocycles. The summed E-state index contributed by atoms with van der Waals surface area (Å²) in [6.07, 6.45) is 1.06. The zero-order valence-electron chi connectivity index (χ0n) is 6.83. The highest BCUT2D eigenvalue weighted by Gasteiger charge is 2.08. The number of halogens is 1. The van der Waals surface area contributed by atoms with Gasteiger partial charge in [-0.05, 0) is 30.7 Å². The molecule has 66 valence electrons. The van der Waals surface area contributed by atoms with Crippen LogP contribution in [0.1, 0.15) is 5.56 Å². The predicted octanol–water partition coefficient (Wildman–Crippen LogP) is 1.54. The van der Waals surface area contributed by atoms with E-state index in [1.165, 1.54) is 12.1 Å². The molecule has 1 aromatic carbocycles. The minimum atomic E-state index is -3.29. The van der Waals surface area contributed by atoms with Gasteiger partial charge in [0.25, 0.3) is 0 Å². The summed E-state index contributed by atoms with van der Waals surface area (Å²) in [5.41, 5.74) is 0.607. The van der Waals surface area contributed by atoms with Gasteiger partial charge in [0.1, 0.15) is 5.82 Å². The second-order valence-electron chi connectivity index (χ2n) is 2.74. The lowest BCUT2D eigenvalue weighted by molar-refractivity contribution is 0.595. The van der Waals surface area contributed by atoms with Crippen molar-refractivity contribution >= 4 is 9.84 Å². The Bertz CT molecular complexity index is 375. The molecule has 0 unspecified atom stereocenters. The fraction of sp³-hybridized carbons (Fsp3) is 0.250. The Balaban J connectivity index is 3.37. The zero-order chi connectivity index (χ0) is 9.35. The summed E-state index contributed by atoms with van der Waals surface area (Å²) < 4.78 is 34.6. The summed E-state index contributed by atoms with van der Waals surface area (Å²) in [5.74, 6) is -0.518. The highest BCUT2D eigenvalue weighted by atomic mass is 32.2. The van der Waals surface area contributed by atoms with Crippen LogP contribution >= 0.6 is 0 Å². The van der Waals surface area contributed by atoms with Gasteiger partial charge in [0.05, 0.1) is 4.90 Å². The number of hydrogen-bond donors (Lipinski definition) is 0. The summed E-state index contributed by atoms with van der Waals surface area (Å²) in [6.45, 7) is 1.65. The lowest BCUT2D eigenvalue weighted by atomic mass is 10.2. The Morgan fingerprint density at radius 3 is 2.25 bits per heavy atom. The second-order valence-corrected chi connectivity index (χ2v) is 4.75. The van der Waals surface area contributed by atoms with Gasteiger partial charge < -0.3 is 0 Å². The number of hydrogen-bond acceptors (Lipinski definition) is 2. The highest BCUT2D eigenvalue weighted by Crippen LogP contribution is 2.13. The van der Waals surface area contributed by atoms with Crippen LogP contribution in [0.2, 0.25) is 0 Å². The fourth-order valence-electron chi connectivity index (χ4n) is 0.917. The standard InChI is InChI=1S/C8H9FO2S/c1-6-3-7(9)5-8(4-6)12(2,10)11/h3-5H,1-2H3. The number of sulfone groups is 1. The van der Waals surface area contributed by atoms with Crippen molar-refractivity contribution < 1.29 is 12.8 Å². The molecule has 0 saturated heterocycles. The van der Waals surface area contributed by atoms with Crippen LogP contribution in [0.25, 0.3) is 0 Å². The number of aryl methyl sites for hydroxylation is 1. The maximum Gasteiger partial charge on any atom is 0.175 e. The molecule has 0 aliphatic carbocycles. The van der Waals surface area contributed by atoms with Crippen LogP contribution < -0.4 is 0 Å². The van der Waals surface area contributed by atoms with Crippen LogP contribution in [0.4, 0.5) is 4.39 Å². The van der Waals surface area contributed by atoms with Crippen molar-refractivity contribution in [2.75, 3.05) is 6.26 Å². The maximum atomic E-state index is 12.7. The topological polar surface area (TPSA) is 34.1 Å². The van der Waals surface area contributed by atoms with E-state index >= 15 is 0 Å². The first kappa shape index (κ1) is 9.19. The van der Waals surface area contributed by atoms with Crippen LogP contribution in [0.3, 0.4) is 0 Å². The van der Waals surface area contributed by atoms with Gasteiger partial charge in [0.15, 0.2) is 9.84 Å². The Morgan fingerprint density at radius 1 is 1.25 bits per heavy atom.